The third kappa shape index (κ3) is 2.87. The first-order chi connectivity index (χ1) is 11.3. The monoisotopic (exact) mass is 331 g/mol. The lowest BCUT2D eigenvalue weighted by molar-refractivity contribution is -0.136. The van der Waals surface area contributed by atoms with Crippen LogP contribution < -0.4 is 4.74 Å². The molecule has 0 saturated heterocycles. The molecule has 1 aliphatic heterocycles. The van der Waals surface area contributed by atoms with E-state index in [1.165, 1.54) is 25.2 Å². The standard InChI is InChI=1S/C18H21NO5/c1-10(2)19-11(3)15(18(22)24-5)13(17(19)21)9-12-7-6-8-14(23-4)16(12)20/h6-10,20H,1-5H3/b13-9-. The van der Waals surface area contributed by atoms with Crippen molar-refractivity contribution in [3.63, 3.8) is 0 Å². The number of hydrogen-bond acceptors (Lipinski definition) is 5. The largest absolute Gasteiger partial charge is 0.504 e. The number of carbonyl (C=O) groups excluding carboxylic acids is 2. The van der Waals surface area contributed by atoms with Crippen LogP contribution in [0, 0.1) is 0 Å². The van der Waals surface area contributed by atoms with E-state index < -0.39 is 5.97 Å². The molecule has 0 unspecified atom stereocenters. The van der Waals surface area contributed by atoms with Crippen molar-refractivity contribution in [2.75, 3.05) is 14.2 Å². The molecule has 1 aliphatic rings. The molecule has 6 heteroatoms. The minimum atomic E-state index is -0.586. The topological polar surface area (TPSA) is 76.1 Å². The number of ether oxygens (including phenoxy) is 2. The summed E-state index contributed by atoms with van der Waals surface area (Å²) < 4.78 is 9.89. The van der Waals surface area contributed by atoms with Crippen molar-refractivity contribution >= 4 is 18.0 Å². The van der Waals surface area contributed by atoms with Gasteiger partial charge in [0, 0.05) is 17.3 Å². The normalized spacial score (nSPS) is 16.3. The van der Waals surface area contributed by atoms with Crippen molar-refractivity contribution in [2.24, 2.45) is 0 Å². The van der Waals surface area contributed by atoms with Gasteiger partial charge in [-0.2, -0.15) is 0 Å². The van der Waals surface area contributed by atoms with Crippen LogP contribution in [0.4, 0.5) is 0 Å². The van der Waals surface area contributed by atoms with Gasteiger partial charge < -0.3 is 19.5 Å². The number of hydrogen-bond donors (Lipinski definition) is 1. The van der Waals surface area contributed by atoms with Crippen LogP contribution in [-0.4, -0.2) is 42.1 Å². The molecule has 0 atom stereocenters. The summed E-state index contributed by atoms with van der Waals surface area (Å²) in [5, 5.41) is 10.2. The molecule has 6 nitrogen and oxygen atoms in total. The Morgan fingerprint density at radius 1 is 1.29 bits per heavy atom. The summed E-state index contributed by atoms with van der Waals surface area (Å²) in [5.41, 5.74) is 1.32. The SMILES string of the molecule is COC(=O)C1=C(C)N(C(C)C)C(=O)/C1=C\c1cccc(OC)c1O. The Bertz CT molecular complexity index is 746. The molecule has 1 aromatic rings. The highest BCUT2D eigenvalue weighted by molar-refractivity contribution is 6.16. The average molecular weight is 331 g/mol. The number of benzene rings is 1. The third-order valence-electron chi connectivity index (χ3n) is 3.90. The van der Waals surface area contributed by atoms with E-state index in [4.69, 9.17) is 9.47 Å². The number of amides is 1. The molecular weight excluding hydrogens is 310 g/mol. The Labute approximate surface area is 141 Å². The second-order valence-electron chi connectivity index (χ2n) is 5.68. The number of aromatic hydroxyl groups is 1. The number of phenols is 1. The van der Waals surface area contributed by atoms with Gasteiger partial charge in [-0.15, -0.1) is 0 Å². The van der Waals surface area contributed by atoms with Crippen molar-refractivity contribution in [3.8, 4) is 11.5 Å². The zero-order chi connectivity index (χ0) is 18.0. The van der Waals surface area contributed by atoms with Crippen LogP contribution in [0.15, 0.2) is 35.0 Å². The molecule has 2 rings (SSSR count). The van der Waals surface area contributed by atoms with E-state index >= 15 is 0 Å². The van der Waals surface area contributed by atoms with Crippen LogP contribution in [0.2, 0.25) is 0 Å². The number of esters is 1. The molecule has 1 amide bonds. The molecule has 1 aromatic carbocycles. The molecule has 0 bridgehead atoms. The summed E-state index contributed by atoms with van der Waals surface area (Å²) >= 11 is 0. The molecule has 0 spiro atoms. The molecule has 0 radical (unpaired) electrons. The second kappa shape index (κ2) is 6.78. The summed E-state index contributed by atoms with van der Waals surface area (Å²) in [5.74, 6) is -0.691. The van der Waals surface area contributed by atoms with E-state index in [-0.39, 0.29) is 34.6 Å². The Kier molecular flexibility index (Phi) is 4.97. The maximum absolute atomic E-state index is 12.8. The second-order valence-corrected chi connectivity index (χ2v) is 5.68. The van der Waals surface area contributed by atoms with E-state index in [1.807, 2.05) is 13.8 Å². The van der Waals surface area contributed by atoms with E-state index in [9.17, 15) is 14.7 Å². The maximum Gasteiger partial charge on any atom is 0.340 e. The lowest BCUT2D eigenvalue weighted by atomic mass is 10.0. The Morgan fingerprint density at radius 2 is 1.96 bits per heavy atom. The zero-order valence-corrected chi connectivity index (χ0v) is 14.4. The molecule has 128 valence electrons. The highest BCUT2D eigenvalue weighted by Crippen LogP contribution is 2.36. The van der Waals surface area contributed by atoms with Gasteiger partial charge >= 0.3 is 5.97 Å². The van der Waals surface area contributed by atoms with Crippen LogP contribution in [0.25, 0.3) is 6.08 Å². The van der Waals surface area contributed by atoms with E-state index in [0.29, 0.717) is 11.3 Å². The van der Waals surface area contributed by atoms with Gasteiger partial charge in [0.1, 0.15) is 0 Å². The fourth-order valence-electron chi connectivity index (χ4n) is 2.80. The molecule has 1 heterocycles. The van der Waals surface area contributed by atoms with Gasteiger partial charge in [0.05, 0.1) is 25.4 Å². The van der Waals surface area contributed by atoms with E-state index in [2.05, 4.69) is 0 Å². The van der Waals surface area contributed by atoms with Crippen molar-refractivity contribution in [1.82, 2.24) is 4.90 Å². The van der Waals surface area contributed by atoms with Gasteiger partial charge in [-0.05, 0) is 32.9 Å². The van der Waals surface area contributed by atoms with Gasteiger partial charge in [-0.3, -0.25) is 4.79 Å². The zero-order valence-electron chi connectivity index (χ0n) is 14.4. The van der Waals surface area contributed by atoms with Crippen LogP contribution in [0.3, 0.4) is 0 Å². The highest BCUT2D eigenvalue weighted by atomic mass is 16.5. The average Bonchev–Trinajstić information content (AvgIpc) is 2.79. The molecule has 0 saturated carbocycles. The summed E-state index contributed by atoms with van der Waals surface area (Å²) in [6.07, 6.45) is 1.48. The lowest BCUT2D eigenvalue weighted by Crippen LogP contribution is -2.31. The number of methoxy groups -OCH3 is 2. The van der Waals surface area contributed by atoms with Gasteiger partial charge in [0.2, 0.25) is 0 Å². The van der Waals surface area contributed by atoms with Crippen molar-refractivity contribution in [2.45, 2.75) is 26.8 Å². The number of para-hydroxylation sites is 1. The number of allylic oxidation sites excluding steroid dienone is 1. The summed E-state index contributed by atoms with van der Waals surface area (Å²) in [4.78, 5) is 26.5. The fourth-order valence-corrected chi connectivity index (χ4v) is 2.80. The highest BCUT2D eigenvalue weighted by Gasteiger charge is 2.38. The minimum absolute atomic E-state index is 0.0924. The van der Waals surface area contributed by atoms with E-state index in [0.717, 1.165) is 0 Å². The quantitative estimate of drug-likeness (QED) is 0.677. The molecule has 0 aromatic heterocycles. The first kappa shape index (κ1) is 17.6. The lowest BCUT2D eigenvalue weighted by Gasteiger charge is -2.22. The number of phenolic OH excluding ortho intramolecular Hbond substituents is 1. The molecule has 1 N–H and O–H groups in total. The Hall–Kier alpha value is -2.76. The van der Waals surface area contributed by atoms with Crippen LogP contribution in [-0.2, 0) is 14.3 Å². The molecule has 24 heavy (non-hydrogen) atoms. The third-order valence-corrected chi connectivity index (χ3v) is 3.90. The van der Waals surface area contributed by atoms with Crippen LogP contribution in [0.1, 0.15) is 26.3 Å². The first-order valence-corrected chi connectivity index (χ1v) is 7.54. The van der Waals surface area contributed by atoms with Crippen LogP contribution >= 0.6 is 0 Å². The Balaban J connectivity index is 2.63. The smallest absolute Gasteiger partial charge is 0.340 e. The predicted octanol–water partition coefficient (Wildman–Crippen LogP) is 2.48. The molecule has 0 aliphatic carbocycles. The molecule has 0 fully saturated rings. The number of carbonyl (C=O) groups is 2. The minimum Gasteiger partial charge on any atom is -0.504 e. The van der Waals surface area contributed by atoms with Gasteiger partial charge in [-0.25, -0.2) is 4.79 Å². The van der Waals surface area contributed by atoms with E-state index in [1.54, 1.807) is 25.1 Å². The van der Waals surface area contributed by atoms with Crippen molar-refractivity contribution < 1.29 is 24.2 Å². The Morgan fingerprint density at radius 3 is 2.50 bits per heavy atom. The predicted molar refractivity (Wildman–Crippen MR) is 89.3 cm³/mol. The summed E-state index contributed by atoms with van der Waals surface area (Å²) in [6, 6.07) is 4.83. The summed E-state index contributed by atoms with van der Waals surface area (Å²) in [7, 11) is 2.71. The first-order valence-electron chi connectivity index (χ1n) is 7.54. The van der Waals surface area contributed by atoms with Gasteiger partial charge in [0.15, 0.2) is 11.5 Å². The fraction of sp³-hybridized carbons (Fsp3) is 0.333. The van der Waals surface area contributed by atoms with Crippen molar-refractivity contribution in [3.05, 3.63) is 40.6 Å². The van der Waals surface area contributed by atoms with Gasteiger partial charge in [-0.1, -0.05) is 12.1 Å². The number of nitrogens with zero attached hydrogens (tertiary/aromatic N) is 1. The number of rotatable bonds is 4. The maximum atomic E-state index is 12.8. The van der Waals surface area contributed by atoms with Gasteiger partial charge in [0.25, 0.3) is 5.91 Å². The van der Waals surface area contributed by atoms with Crippen molar-refractivity contribution in [1.29, 1.82) is 0 Å². The van der Waals surface area contributed by atoms with Crippen LogP contribution in [0.5, 0.6) is 11.5 Å². The molecular formula is C18H21NO5. The summed E-state index contributed by atoms with van der Waals surface area (Å²) in [6.45, 7) is 5.43.